The topological polar surface area (TPSA) is 60.4 Å². The van der Waals surface area contributed by atoms with Crippen LogP contribution < -0.4 is 4.74 Å². The van der Waals surface area contributed by atoms with Crippen molar-refractivity contribution in [1.82, 2.24) is 19.9 Å². The lowest BCUT2D eigenvalue weighted by Crippen LogP contribution is -2.37. The Balaban J connectivity index is 1.51. The summed E-state index contributed by atoms with van der Waals surface area (Å²) in [5.41, 5.74) is 2.10. The molecule has 0 radical (unpaired) electrons. The van der Waals surface area contributed by atoms with Crippen molar-refractivity contribution in [2.45, 2.75) is 6.42 Å². The number of aromatic nitrogens is 3. The van der Waals surface area contributed by atoms with E-state index < -0.39 is 0 Å². The molecular weight excluding hydrogens is 371 g/mol. The van der Waals surface area contributed by atoms with E-state index >= 15 is 0 Å². The molecule has 29 heavy (non-hydrogen) atoms. The van der Waals surface area contributed by atoms with Crippen LogP contribution in [0.25, 0.3) is 11.2 Å². The van der Waals surface area contributed by atoms with Gasteiger partial charge in [0.15, 0.2) is 11.3 Å². The third kappa shape index (κ3) is 5.25. The summed E-state index contributed by atoms with van der Waals surface area (Å²) in [4.78, 5) is 15.6. The zero-order valence-electron chi connectivity index (χ0n) is 16.0. The van der Waals surface area contributed by atoms with Gasteiger partial charge in [-0.1, -0.05) is 12.0 Å². The highest BCUT2D eigenvalue weighted by Crippen LogP contribution is 2.17. The molecule has 1 saturated heterocycles. The van der Waals surface area contributed by atoms with Crippen molar-refractivity contribution in [3.8, 4) is 17.7 Å². The highest BCUT2D eigenvalue weighted by atomic mass is 19.1. The van der Waals surface area contributed by atoms with Crippen molar-refractivity contribution >= 4 is 11.2 Å². The van der Waals surface area contributed by atoms with Crippen molar-refractivity contribution in [3.05, 3.63) is 59.7 Å². The number of hydrogen-bond donors (Lipinski definition) is 0. The fourth-order valence-corrected chi connectivity index (χ4v) is 3.04. The molecule has 0 atom stereocenters. The summed E-state index contributed by atoms with van der Waals surface area (Å²) in [5, 5.41) is 0. The normalized spacial score (nSPS) is 14.4. The van der Waals surface area contributed by atoms with E-state index in [1.54, 1.807) is 24.4 Å². The van der Waals surface area contributed by atoms with E-state index in [9.17, 15) is 4.39 Å². The fraction of sp³-hybridized carbons (Fsp3) is 0.318. The first kappa shape index (κ1) is 19.2. The lowest BCUT2D eigenvalue weighted by molar-refractivity contribution is 0.0357. The van der Waals surface area contributed by atoms with Gasteiger partial charge in [-0.2, -0.15) is 0 Å². The first-order valence-electron chi connectivity index (χ1n) is 9.61. The fourth-order valence-electron chi connectivity index (χ4n) is 3.04. The van der Waals surface area contributed by atoms with Crippen LogP contribution >= 0.6 is 0 Å². The molecule has 0 amide bonds. The van der Waals surface area contributed by atoms with Crippen molar-refractivity contribution in [2.24, 2.45) is 0 Å². The van der Waals surface area contributed by atoms with Crippen molar-refractivity contribution in [2.75, 3.05) is 39.5 Å². The average Bonchev–Trinajstić information content (AvgIpc) is 2.76. The molecule has 2 aromatic heterocycles. The van der Waals surface area contributed by atoms with Crippen LogP contribution in [0.1, 0.15) is 17.7 Å². The second-order valence-corrected chi connectivity index (χ2v) is 6.64. The van der Waals surface area contributed by atoms with E-state index in [1.165, 1.54) is 12.1 Å². The van der Waals surface area contributed by atoms with Crippen LogP contribution in [-0.2, 0) is 4.74 Å². The average molecular weight is 392 g/mol. The van der Waals surface area contributed by atoms with Crippen LogP contribution in [-0.4, -0.2) is 59.3 Å². The Morgan fingerprint density at radius 3 is 2.86 bits per heavy atom. The van der Waals surface area contributed by atoms with Gasteiger partial charge in [0, 0.05) is 31.4 Å². The molecule has 3 aromatic rings. The number of fused-ring (bicyclic) bond motifs is 1. The molecule has 1 aliphatic rings. The quantitative estimate of drug-likeness (QED) is 0.492. The molecule has 0 bridgehead atoms. The van der Waals surface area contributed by atoms with Crippen LogP contribution in [0.5, 0.6) is 5.88 Å². The highest BCUT2D eigenvalue weighted by Gasteiger charge is 2.12. The molecule has 0 unspecified atom stereocenters. The highest BCUT2D eigenvalue weighted by molar-refractivity contribution is 5.71. The Morgan fingerprint density at radius 1 is 1.10 bits per heavy atom. The molecule has 7 heteroatoms. The number of pyridine rings is 1. The number of benzene rings is 1. The number of rotatable bonds is 5. The molecular formula is C22H21FN4O2. The van der Waals surface area contributed by atoms with Gasteiger partial charge in [-0.05, 0) is 42.7 Å². The van der Waals surface area contributed by atoms with Crippen LogP contribution in [0.2, 0.25) is 0 Å². The van der Waals surface area contributed by atoms with Crippen molar-refractivity contribution in [1.29, 1.82) is 0 Å². The number of nitrogens with zero attached hydrogens (tertiary/aromatic N) is 4. The van der Waals surface area contributed by atoms with Crippen LogP contribution in [0.4, 0.5) is 4.39 Å². The summed E-state index contributed by atoms with van der Waals surface area (Å²) in [6.07, 6.45) is 2.52. The van der Waals surface area contributed by atoms with Gasteiger partial charge in [0.2, 0.25) is 5.88 Å². The minimum Gasteiger partial charge on any atom is -0.476 e. The van der Waals surface area contributed by atoms with Gasteiger partial charge in [-0.15, -0.1) is 0 Å². The summed E-state index contributed by atoms with van der Waals surface area (Å²) in [6.45, 7) is 4.91. The second-order valence-electron chi connectivity index (χ2n) is 6.64. The van der Waals surface area contributed by atoms with E-state index in [-0.39, 0.29) is 5.82 Å². The number of hydrogen-bond acceptors (Lipinski definition) is 6. The van der Waals surface area contributed by atoms with Gasteiger partial charge in [0.1, 0.15) is 11.3 Å². The van der Waals surface area contributed by atoms with Crippen LogP contribution in [0.15, 0.2) is 42.6 Å². The molecule has 0 N–H and O–H groups in total. The molecule has 148 valence electrons. The predicted molar refractivity (Wildman–Crippen MR) is 107 cm³/mol. The smallest absolute Gasteiger partial charge is 0.249 e. The van der Waals surface area contributed by atoms with Crippen LogP contribution in [0.3, 0.4) is 0 Å². The largest absolute Gasteiger partial charge is 0.476 e. The summed E-state index contributed by atoms with van der Waals surface area (Å²) >= 11 is 0. The number of halogens is 1. The summed E-state index contributed by atoms with van der Waals surface area (Å²) in [6, 6.07) is 9.76. The van der Waals surface area contributed by atoms with Gasteiger partial charge >= 0.3 is 0 Å². The lowest BCUT2D eigenvalue weighted by atomic mass is 10.2. The number of ether oxygens (including phenoxy) is 2. The van der Waals surface area contributed by atoms with Gasteiger partial charge < -0.3 is 9.47 Å². The summed E-state index contributed by atoms with van der Waals surface area (Å²) in [5.74, 6) is 5.92. The molecule has 0 spiro atoms. The lowest BCUT2D eigenvalue weighted by Gasteiger charge is -2.26. The molecule has 6 nitrogen and oxygen atoms in total. The van der Waals surface area contributed by atoms with Crippen LogP contribution in [0, 0.1) is 17.7 Å². The molecule has 0 saturated carbocycles. The maximum absolute atomic E-state index is 13.4. The Kier molecular flexibility index (Phi) is 6.25. The Bertz CT molecular complexity index is 1040. The first-order chi connectivity index (χ1) is 14.3. The maximum atomic E-state index is 13.4. The van der Waals surface area contributed by atoms with Crippen molar-refractivity contribution in [3.63, 3.8) is 0 Å². The third-order valence-electron chi connectivity index (χ3n) is 4.52. The van der Waals surface area contributed by atoms with E-state index in [0.717, 1.165) is 39.3 Å². The SMILES string of the molecule is Fc1cccc(C#Cc2nc3ncccc3nc2OCCCN2CCOCC2)c1. The maximum Gasteiger partial charge on any atom is 0.249 e. The molecule has 3 heterocycles. The Labute approximate surface area is 168 Å². The van der Waals surface area contributed by atoms with Gasteiger partial charge in [0.05, 0.1) is 19.8 Å². The minimum atomic E-state index is -0.331. The predicted octanol–water partition coefficient (Wildman–Crippen LogP) is 2.66. The van der Waals surface area contributed by atoms with Gasteiger partial charge in [-0.3, -0.25) is 4.90 Å². The third-order valence-corrected chi connectivity index (χ3v) is 4.52. The summed E-state index contributed by atoms with van der Waals surface area (Å²) in [7, 11) is 0. The van der Waals surface area contributed by atoms with E-state index in [1.807, 2.05) is 6.07 Å². The molecule has 4 rings (SSSR count). The molecule has 1 aliphatic heterocycles. The van der Waals surface area contributed by atoms with Gasteiger partial charge in [0.25, 0.3) is 0 Å². The zero-order chi connectivity index (χ0) is 19.9. The standard InChI is InChI=1S/C22H21FN4O2/c23-18-5-1-4-17(16-18)7-8-20-22(26-19-6-2-9-24-21(19)25-20)29-13-3-10-27-11-14-28-15-12-27/h1-2,4-6,9,16H,3,10-15H2. The van der Waals surface area contributed by atoms with Crippen molar-refractivity contribution < 1.29 is 13.9 Å². The second kappa shape index (κ2) is 9.41. The number of morpholine rings is 1. The monoisotopic (exact) mass is 392 g/mol. The molecule has 0 aliphatic carbocycles. The van der Waals surface area contributed by atoms with E-state index in [2.05, 4.69) is 31.7 Å². The van der Waals surface area contributed by atoms with E-state index in [4.69, 9.17) is 9.47 Å². The molecule has 1 fully saturated rings. The Morgan fingerprint density at radius 2 is 2.00 bits per heavy atom. The van der Waals surface area contributed by atoms with Gasteiger partial charge in [-0.25, -0.2) is 19.3 Å². The summed E-state index contributed by atoms with van der Waals surface area (Å²) < 4.78 is 24.7. The Hall–Kier alpha value is -3.08. The van der Waals surface area contributed by atoms with E-state index in [0.29, 0.717) is 34.9 Å². The minimum absolute atomic E-state index is 0.331. The first-order valence-corrected chi connectivity index (χ1v) is 9.61. The zero-order valence-corrected chi connectivity index (χ0v) is 16.0. The molecule has 1 aromatic carbocycles.